The van der Waals surface area contributed by atoms with Crippen molar-refractivity contribution < 1.29 is 27.7 Å². The minimum Gasteiger partial charge on any atom is -0.362 e. The number of nitrogens with one attached hydrogen (secondary N) is 1. The van der Waals surface area contributed by atoms with Gasteiger partial charge in [-0.1, -0.05) is 6.07 Å². The van der Waals surface area contributed by atoms with Gasteiger partial charge in [-0.05, 0) is 43.2 Å². The molecule has 0 bridgehead atoms. The monoisotopic (exact) mass is 462 g/mol. The maximum Gasteiger partial charge on any atom is 0.416 e. The van der Waals surface area contributed by atoms with Crippen LogP contribution in [0.25, 0.3) is 0 Å². The number of anilines is 2. The number of piperazine rings is 1. The van der Waals surface area contributed by atoms with Crippen LogP contribution in [0, 0.1) is 16.0 Å². The van der Waals surface area contributed by atoms with Crippen molar-refractivity contribution >= 4 is 28.9 Å². The lowest BCUT2D eigenvalue weighted by Gasteiger charge is -2.36. The van der Waals surface area contributed by atoms with E-state index in [0.717, 1.165) is 25.0 Å². The Morgan fingerprint density at radius 3 is 2.33 bits per heavy atom. The van der Waals surface area contributed by atoms with Gasteiger partial charge in [-0.25, -0.2) is 0 Å². The summed E-state index contributed by atoms with van der Waals surface area (Å²) in [7, 11) is 0. The third-order valence-corrected chi connectivity index (χ3v) is 5.73. The first-order valence-corrected chi connectivity index (χ1v) is 10.4. The Morgan fingerprint density at radius 2 is 1.73 bits per heavy atom. The van der Waals surface area contributed by atoms with E-state index in [1.807, 2.05) is 0 Å². The average Bonchev–Trinajstić information content (AvgIpc) is 3.63. The molecule has 2 amide bonds. The summed E-state index contributed by atoms with van der Waals surface area (Å²) >= 11 is 0. The zero-order valence-electron chi connectivity index (χ0n) is 17.5. The summed E-state index contributed by atoms with van der Waals surface area (Å²) < 4.78 is 38.8. The van der Waals surface area contributed by atoms with E-state index < -0.39 is 22.4 Å². The first-order chi connectivity index (χ1) is 15.6. The minimum atomic E-state index is -4.68. The second-order valence-corrected chi connectivity index (χ2v) is 8.08. The van der Waals surface area contributed by atoms with E-state index in [9.17, 15) is 32.9 Å². The van der Waals surface area contributed by atoms with Crippen LogP contribution in [0.3, 0.4) is 0 Å². The van der Waals surface area contributed by atoms with Crippen LogP contribution in [-0.2, 0) is 11.0 Å². The van der Waals surface area contributed by atoms with Gasteiger partial charge in [0.25, 0.3) is 11.6 Å². The van der Waals surface area contributed by atoms with Crippen molar-refractivity contribution in [2.75, 3.05) is 36.4 Å². The first kappa shape index (κ1) is 22.6. The molecule has 2 fully saturated rings. The molecule has 8 nitrogen and oxygen atoms in total. The molecule has 0 radical (unpaired) electrons. The number of rotatable bonds is 5. The molecule has 1 N–H and O–H groups in total. The van der Waals surface area contributed by atoms with Crippen LogP contribution >= 0.6 is 0 Å². The Bertz CT molecular complexity index is 1090. The Balaban J connectivity index is 1.43. The van der Waals surface area contributed by atoms with E-state index in [-0.39, 0.29) is 49.6 Å². The highest BCUT2D eigenvalue weighted by molar-refractivity contribution is 5.98. The number of carbonyl (C=O) groups is 2. The maximum atomic E-state index is 12.9. The summed E-state index contributed by atoms with van der Waals surface area (Å²) in [5.41, 5.74) is -0.677. The van der Waals surface area contributed by atoms with E-state index in [4.69, 9.17) is 0 Å². The number of hydrogen-bond donors (Lipinski definition) is 1. The molecule has 0 aromatic heterocycles. The van der Waals surface area contributed by atoms with Crippen LogP contribution in [0.2, 0.25) is 0 Å². The molecule has 1 saturated carbocycles. The Kier molecular flexibility index (Phi) is 5.96. The van der Waals surface area contributed by atoms with Gasteiger partial charge in [0.15, 0.2) is 0 Å². The molecule has 4 rings (SSSR count). The molecule has 33 heavy (non-hydrogen) atoms. The molecule has 2 aromatic rings. The van der Waals surface area contributed by atoms with Crippen molar-refractivity contribution in [2.24, 2.45) is 5.92 Å². The van der Waals surface area contributed by atoms with Crippen LogP contribution in [0.4, 0.5) is 30.2 Å². The van der Waals surface area contributed by atoms with Crippen LogP contribution in [0.5, 0.6) is 0 Å². The predicted octanol–water partition coefficient (Wildman–Crippen LogP) is 3.92. The summed E-state index contributed by atoms with van der Waals surface area (Å²) in [6.07, 6.45) is -2.95. The Labute approximate surface area is 187 Å². The first-order valence-electron chi connectivity index (χ1n) is 10.4. The molecule has 2 aromatic carbocycles. The van der Waals surface area contributed by atoms with Crippen LogP contribution < -0.4 is 10.2 Å². The van der Waals surface area contributed by atoms with Crippen molar-refractivity contribution in [1.82, 2.24) is 4.90 Å². The molecule has 0 atom stereocenters. The summed E-state index contributed by atoms with van der Waals surface area (Å²) in [4.78, 5) is 38.6. The van der Waals surface area contributed by atoms with E-state index in [1.54, 1.807) is 34.1 Å². The number of halogens is 3. The number of nitro groups is 1. The smallest absolute Gasteiger partial charge is 0.362 e. The minimum absolute atomic E-state index is 0.0340. The van der Waals surface area contributed by atoms with Gasteiger partial charge >= 0.3 is 6.18 Å². The summed E-state index contributed by atoms with van der Waals surface area (Å²) in [6, 6.07) is 9.09. The van der Waals surface area contributed by atoms with Gasteiger partial charge in [0.05, 0.1) is 10.5 Å². The number of nitro benzene ring substituents is 1. The number of hydrogen-bond acceptors (Lipinski definition) is 5. The lowest BCUT2D eigenvalue weighted by molar-refractivity contribution is -0.384. The second-order valence-electron chi connectivity index (χ2n) is 8.08. The van der Waals surface area contributed by atoms with Gasteiger partial charge < -0.3 is 15.1 Å². The van der Waals surface area contributed by atoms with E-state index in [0.29, 0.717) is 17.3 Å². The van der Waals surface area contributed by atoms with Gasteiger partial charge in [0, 0.05) is 49.4 Å². The van der Waals surface area contributed by atoms with Crippen molar-refractivity contribution in [3.8, 4) is 0 Å². The van der Waals surface area contributed by atoms with Gasteiger partial charge in [0.2, 0.25) is 5.91 Å². The predicted molar refractivity (Wildman–Crippen MR) is 114 cm³/mol. The third-order valence-electron chi connectivity index (χ3n) is 5.73. The van der Waals surface area contributed by atoms with Gasteiger partial charge in [-0.3, -0.25) is 19.7 Å². The quantitative estimate of drug-likeness (QED) is 0.537. The van der Waals surface area contributed by atoms with E-state index in [2.05, 4.69) is 5.32 Å². The van der Waals surface area contributed by atoms with Crippen LogP contribution in [0.15, 0.2) is 42.5 Å². The number of carbonyl (C=O) groups excluding carboxylic acids is 2. The molecule has 1 heterocycles. The fourth-order valence-electron chi connectivity index (χ4n) is 3.77. The van der Waals surface area contributed by atoms with E-state index in [1.165, 1.54) is 0 Å². The average molecular weight is 462 g/mol. The largest absolute Gasteiger partial charge is 0.416 e. The van der Waals surface area contributed by atoms with Crippen molar-refractivity contribution in [1.29, 1.82) is 0 Å². The molecular formula is C22H21F3N4O4. The van der Waals surface area contributed by atoms with Gasteiger partial charge in [0.1, 0.15) is 5.69 Å². The Hall–Kier alpha value is -3.63. The van der Waals surface area contributed by atoms with Crippen LogP contribution in [-0.4, -0.2) is 47.8 Å². The standard InChI is InChI=1S/C22H21F3N4O4/c23-22(24,25)16-6-7-18(19(13-16)29(32)33)27-8-10-28(11-9-27)21(31)15-2-1-3-17(12-15)26-20(30)14-4-5-14/h1-3,6-7,12-14H,4-5,8-11H2,(H,26,30). The van der Waals surface area contributed by atoms with Gasteiger partial charge in [-0.2, -0.15) is 13.2 Å². The zero-order chi connectivity index (χ0) is 23.8. The highest BCUT2D eigenvalue weighted by Crippen LogP contribution is 2.37. The Morgan fingerprint density at radius 1 is 1.03 bits per heavy atom. The molecule has 11 heteroatoms. The number of amides is 2. The van der Waals surface area contributed by atoms with Crippen LogP contribution in [0.1, 0.15) is 28.8 Å². The molecule has 1 saturated heterocycles. The van der Waals surface area contributed by atoms with E-state index >= 15 is 0 Å². The molecule has 174 valence electrons. The molecule has 0 spiro atoms. The molecule has 0 unspecified atom stereocenters. The normalized spacial score (nSPS) is 16.5. The summed E-state index contributed by atoms with van der Waals surface area (Å²) in [5, 5.41) is 14.2. The lowest BCUT2D eigenvalue weighted by Crippen LogP contribution is -2.49. The second kappa shape index (κ2) is 8.72. The zero-order valence-corrected chi connectivity index (χ0v) is 17.5. The highest BCUT2D eigenvalue weighted by atomic mass is 19.4. The molecule has 1 aliphatic carbocycles. The molecule has 2 aliphatic rings. The maximum absolute atomic E-state index is 12.9. The highest BCUT2D eigenvalue weighted by Gasteiger charge is 2.34. The SMILES string of the molecule is O=C(Nc1cccc(C(=O)N2CCN(c3ccc(C(F)(F)F)cc3[N+](=O)[O-])CC2)c1)C1CC1. The summed E-state index contributed by atoms with van der Waals surface area (Å²) in [5.74, 6) is -0.280. The fourth-order valence-corrected chi connectivity index (χ4v) is 3.77. The number of benzene rings is 2. The summed E-state index contributed by atoms with van der Waals surface area (Å²) in [6.45, 7) is 0.956. The molecule has 1 aliphatic heterocycles. The fraction of sp³-hybridized carbons (Fsp3) is 0.364. The van der Waals surface area contributed by atoms with Crippen molar-refractivity contribution in [3.63, 3.8) is 0 Å². The van der Waals surface area contributed by atoms with Crippen molar-refractivity contribution in [3.05, 3.63) is 63.7 Å². The lowest BCUT2D eigenvalue weighted by atomic mass is 10.1. The van der Waals surface area contributed by atoms with Gasteiger partial charge in [-0.15, -0.1) is 0 Å². The molecular weight excluding hydrogens is 441 g/mol. The topological polar surface area (TPSA) is 95.8 Å². The number of nitrogens with zero attached hydrogens (tertiary/aromatic N) is 3. The number of alkyl halides is 3. The van der Waals surface area contributed by atoms with Crippen molar-refractivity contribution in [2.45, 2.75) is 19.0 Å². The third kappa shape index (κ3) is 5.07.